The van der Waals surface area contributed by atoms with Crippen molar-refractivity contribution in [2.75, 3.05) is 12.3 Å². The second kappa shape index (κ2) is 4.38. The summed E-state index contributed by atoms with van der Waals surface area (Å²) in [5.74, 6) is 0.218. The topological polar surface area (TPSA) is 140 Å². The van der Waals surface area contributed by atoms with Crippen LogP contribution in [0.15, 0.2) is 12.7 Å². The van der Waals surface area contributed by atoms with Gasteiger partial charge in [-0.2, -0.15) is 0 Å². The van der Waals surface area contributed by atoms with E-state index in [0.717, 1.165) is 0 Å². The van der Waals surface area contributed by atoms with Crippen LogP contribution in [0, 0.1) is 0 Å². The number of aliphatic hydroxyl groups is 3. The summed E-state index contributed by atoms with van der Waals surface area (Å²) < 4.78 is 6.85. The van der Waals surface area contributed by atoms with Crippen molar-refractivity contribution in [2.24, 2.45) is 0 Å². The van der Waals surface area contributed by atoms with Gasteiger partial charge in [-0.1, -0.05) is 0 Å². The molecule has 0 bridgehead atoms. The highest BCUT2D eigenvalue weighted by Crippen LogP contribution is 2.31. The van der Waals surface area contributed by atoms with E-state index in [-0.39, 0.29) is 5.82 Å². The van der Waals surface area contributed by atoms with E-state index in [0.29, 0.717) is 11.2 Å². The first-order valence-corrected chi connectivity index (χ1v) is 5.69. The molecule has 1 aliphatic heterocycles. The molecule has 5 N–H and O–H groups in total. The van der Waals surface area contributed by atoms with Crippen molar-refractivity contribution in [3.8, 4) is 0 Å². The van der Waals surface area contributed by atoms with Gasteiger partial charge in [0, 0.05) is 0 Å². The van der Waals surface area contributed by atoms with E-state index in [2.05, 4.69) is 15.0 Å². The lowest BCUT2D eigenvalue weighted by Crippen LogP contribution is -2.33. The Morgan fingerprint density at radius 2 is 2.05 bits per heavy atom. The van der Waals surface area contributed by atoms with E-state index < -0.39 is 31.1 Å². The van der Waals surface area contributed by atoms with Gasteiger partial charge in [-0.05, 0) is 0 Å². The Kier molecular flexibility index (Phi) is 2.82. The standard InChI is InChI=1S/C10H13N5O4/c11-8-5-9(13-2-12-8)15(3-14-5)10-7(18)6(17)4(1-16)19-10/h2-4,6-7,10,16-18H,1H2,(H2,11,12,13)/t4-,6-,7-,10-/m1/s1/i3+1,11+1,12+1,14+1. The number of nitrogen functional groups attached to an aromatic ring is 1. The Labute approximate surface area is 107 Å². The van der Waals surface area contributed by atoms with Crippen molar-refractivity contribution < 1.29 is 20.1 Å². The molecular weight excluding hydrogens is 258 g/mol. The van der Waals surface area contributed by atoms with E-state index >= 15 is 0 Å². The lowest BCUT2D eigenvalue weighted by Gasteiger charge is -2.16. The van der Waals surface area contributed by atoms with Crippen molar-refractivity contribution in [1.29, 1.82) is 0 Å². The molecule has 9 nitrogen and oxygen atoms in total. The van der Waals surface area contributed by atoms with Crippen LogP contribution in [0.1, 0.15) is 6.23 Å². The molecule has 2 aromatic heterocycles. The van der Waals surface area contributed by atoms with E-state index in [1.165, 1.54) is 17.2 Å². The van der Waals surface area contributed by atoms with Crippen LogP contribution in [-0.2, 0) is 4.74 Å². The maximum absolute atomic E-state index is 9.95. The zero-order valence-corrected chi connectivity index (χ0v) is 9.79. The second-order valence-corrected chi connectivity index (χ2v) is 4.31. The number of fused-ring (bicyclic) bond motifs is 1. The molecule has 2 aromatic rings. The number of hydrogen-bond donors (Lipinski definition) is 4. The number of ether oxygens (including phenoxy) is 1. The third-order valence-electron chi connectivity index (χ3n) is 3.18. The van der Waals surface area contributed by atoms with E-state index in [4.69, 9.17) is 15.6 Å². The molecule has 0 radical (unpaired) electrons. The van der Waals surface area contributed by atoms with Crippen molar-refractivity contribution in [1.82, 2.24) is 19.5 Å². The fourth-order valence-electron chi connectivity index (χ4n) is 2.17. The largest absolute Gasteiger partial charge is 0.394 e. The van der Waals surface area contributed by atoms with Crippen molar-refractivity contribution in [3.05, 3.63) is 12.7 Å². The monoisotopic (exact) mass is 271 g/mol. The minimum absolute atomic E-state index is 0.218. The molecule has 4 atom stereocenters. The third kappa shape index (κ3) is 1.75. The minimum atomic E-state index is -1.19. The Morgan fingerprint density at radius 3 is 2.74 bits per heavy atom. The van der Waals surface area contributed by atoms with Crippen LogP contribution in [0.25, 0.3) is 11.2 Å². The fraction of sp³-hybridized carbons (Fsp3) is 0.500. The number of aromatic nitrogens is 4. The predicted molar refractivity (Wildman–Crippen MR) is 62.7 cm³/mol. The molecule has 1 saturated heterocycles. The van der Waals surface area contributed by atoms with Crippen LogP contribution < -0.4 is 5.73 Å². The van der Waals surface area contributed by atoms with Gasteiger partial charge < -0.3 is 25.8 Å². The van der Waals surface area contributed by atoms with Crippen LogP contribution in [0.2, 0.25) is 0 Å². The Balaban J connectivity index is 2.04. The molecular formula is C10H13N5O4. The highest BCUT2D eigenvalue weighted by Gasteiger charge is 2.43. The van der Waals surface area contributed by atoms with Gasteiger partial charge in [0.1, 0.15) is 30.2 Å². The maximum Gasteiger partial charge on any atom is 0.167 e. The smallest absolute Gasteiger partial charge is 0.167 e. The van der Waals surface area contributed by atoms with E-state index in [1.54, 1.807) is 0 Å². The lowest BCUT2D eigenvalue weighted by atomic mass is 10.1. The van der Waals surface area contributed by atoms with Crippen molar-refractivity contribution in [2.45, 2.75) is 24.5 Å². The summed E-state index contributed by atoms with van der Waals surface area (Å²) in [6, 6.07) is 0. The summed E-state index contributed by atoms with van der Waals surface area (Å²) in [7, 11) is 0. The summed E-state index contributed by atoms with van der Waals surface area (Å²) in [6.07, 6.45) is -1.42. The number of nitrogens with zero attached hydrogens (tertiary/aromatic N) is 4. The molecule has 0 saturated carbocycles. The van der Waals surface area contributed by atoms with E-state index in [9.17, 15) is 10.2 Å². The molecule has 3 rings (SSSR count). The van der Waals surface area contributed by atoms with Gasteiger partial charge in [0.25, 0.3) is 0 Å². The van der Waals surface area contributed by atoms with Gasteiger partial charge in [-0.15, -0.1) is 0 Å². The predicted octanol–water partition coefficient (Wildman–Crippen LogP) is -1.98. The summed E-state index contributed by atoms with van der Waals surface area (Å²) in [6.45, 7) is -0.390. The van der Waals surface area contributed by atoms with Gasteiger partial charge in [0.2, 0.25) is 0 Å². The van der Waals surface area contributed by atoms with Crippen molar-refractivity contribution >= 4 is 17.0 Å². The van der Waals surface area contributed by atoms with Crippen LogP contribution >= 0.6 is 0 Å². The SMILES string of the molecule is [15NH2]c1[15n]cnc2c1[15n][13cH]n2[C@@H]1O[C@H](CO)[C@@H](O)[C@H]1O. The zero-order chi connectivity index (χ0) is 13.6. The summed E-state index contributed by atoms with van der Waals surface area (Å²) in [5, 5.41) is 28.7. The van der Waals surface area contributed by atoms with Crippen LogP contribution in [0.4, 0.5) is 5.82 Å². The third-order valence-corrected chi connectivity index (χ3v) is 3.18. The Bertz CT molecular complexity index is 603. The molecule has 0 unspecified atom stereocenters. The van der Waals surface area contributed by atoms with E-state index in [1.807, 2.05) is 0 Å². The molecule has 1 aliphatic rings. The number of anilines is 1. The van der Waals surface area contributed by atoms with Gasteiger partial charge in [-0.3, -0.25) is 4.57 Å². The first kappa shape index (κ1) is 12.2. The highest BCUT2D eigenvalue weighted by molar-refractivity contribution is 5.81. The number of imidazole rings is 1. The number of rotatable bonds is 2. The number of nitrogens with two attached hydrogens (primary N) is 1. The van der Waals surface area contributed by atoms with Crippen molar-refractivity contribution in [3.63, 3.8) is 0 Å². The molecule has 0 aromatic carbocycles. The van der Waals surface area contributed by atoms with Crippen LogP contribution in [0.5, 0.6) is 0 Å². The molecule has 0 aliphatic carbocycles. The summed E-state index contributed by atoms with van der Waals surface area (Å²) in [5.41, 5.74) is 6.44. The summed E-state index contributed by atoms with van der Waals surface area (Å²) >= 11 is 0. The normalized spacial score (nSPS) is 31.1. The van der Waals surface area contributed by atoms with Gasteiger partial charge in [0.15, 0.2) is 17.7 Å². The van der Waals surface area contributed by atoms with Gasteiger partial charge >= 0.3 is 0 Å². The maximum atomic E-state index is 9.95. The Morgan fingerprint density at radius 1 is 1.26 bits per heavy atom. The lowest BCUT2D eigenvalue weighted by molar-refractivity contribution is -0.0511. The molecule has 19 heavy (non-hydrogen) atoms. The first-order valence-electron chi connectivity index (χ1n) is 5.69. The quantitative estimate of drug-likeness (QED) is 0.461. The zero-order valence-electron chi connectivity index (χ0n) is 9.79. The number of hydrogen-bond acceptors (Lipinski definition) is 8. The summed E-state index contributed by atoms with van der Waals surface area (Å²) in [4.78, 5) is 11.9. The average Bonchev–Trinajstić information content (AvgIpc) is 2.94. The average molecular weight is 271 g/mol. The molecule has 102 valence electrons. The number of aliphatic hydroxyl groups excluding tert-OH is 3. The molecule has 1 fully saturated rings. The Hall–Kier alpha value is -1.81. The fourth-order valence-corrected chi connectivity index (χ4v) is 2.17. The highest BCUT2D eigenvalue weighted by atomic mass is 16.6. The second-order valence-electron chi connectivity index (χ2n) is 4.31. The molecule has 0 spiro atoms. The minimum Gasteiger partial charge on any atom is -0.394 e. The molecule has 0 amide bonds. The van der Waals surface area contributed by atoms with Gasteiger partial charge in [-0.25, -0.2) is 15.0 Å². The van der Waals surface area contributed by atoms with Gasteiger partial charge in [0.05, 0.1) is 12.9 Å². The molecule has 3 heterocycles. The van der Waals surface area contributed by atoms with Crippen LogP contribution in [-0.4, -0.2) is 59.8 Å². The first-order chi connectivity index (χ1) is 9.13. The van der Waals surface area contributed by atoms with Crippen LogP contribution in [0.3, 0.4) is 0 Å². The molecule has 9 heteroatoms.